The maximum Gasteiger partial charge on any atom is -0.0125 e. The molecule has 0 saturated carbocycles. The molecule has 110 heavy (non-hydrogen) atoms. The summed E-state index contributed by atoms with van der Waals surface area (Å²) in [5, 5.41) is 2.75. The molecule has 0 nitrogen and oxygen atoms in total. The molecule has 0 aliphatic carbocycles. The molecule has 0 heterocycles. The molecule has 0 fully saturated rings. The van der Waals surface area contributed by atoms with Crippen molar-refractivity contribution in [2.75, 3.05) is 0 Å². The lowest BCUT2D eigenvalue weighted by molar-refractivity contribution is 1.34. The molecule has 0 aliphatic rings. The second kappa shape index (κ2) is 41.8. The van der Waals surface area contributed by atoms with Crippen LogP contribution in [0.15, 0.2) is 376 Å². The van der Waals surface area contributed by atoms with Gasteiger partial charge >= 0.3 is 0 Å². The Balaban J connectivity index is 0.000000145. The van der Waals surface area contributed by atoms with Gasteiger partial charge in [-0.2, -0.15) is 0 Å². The molecule has 0 spiro atoms. The van der Waals surface area contributed by atoms with E-state index in [4.69, 9.17) is 0 Å². The summed E-state index contributed by atoms with van der Waals surface area (Å²) in [5.74, 6) is 0. The molecule has 550 valence electrons. The Labute approximate surface area is 660 Å². The van der Waals surface area contributed by atoms with E-state index in [0.717, 1.165) is 0 Å². The molecule has 0 aromatic heterocycles. The van der Waals surface area contributed by atoms with Crippen LogP contribution < -0.4 is 0 Å². The van der Waals surface area contributed by atoms with Gasteiger partial charge in [0.2, 0.25) is 0 Å². The van der Waals surface area contributed by atoms with Crippen LogP contribution in [0.1, 0.15) is 89.0 Å². The Morgan fingerprint density at radius 2 is 0.427 bits per heavy atom. The maximum atomic E-state index is 2.24. The van der Waals surface area contributed by atoms with Crippen molar-refractivity contribution in [1.29, 1.82) is 0 Å². The summed E-state index contributed by atoms with van der Waals surface area (Å²) in [7, 11) is 0. The zero-order valence-corrected chi connectivity index (χ0v) is 67.8. The van der Waals surface area contributed by atoms with E-state index >= 15 is 0 Å². The molecule has 0 atom stereocenters. The SMILES string of the molecule is Cc1cc(C)cc(-c2ccccc2)c1.Cc1ccc(-c2ccccc2)c(C)c1.Cc1ccc(-c2ccccc2)cc1C.Cc1cccc(-c2ccccc2C)c1.Cc1cccc(-c2ccccc2C)c1.Cc1cccc(C)c1-c1ccccc1.Cc1cccc2c(C)cccc12.Cc1ccccc1-c1ccccc1C. The summed E-state index contributed by atoms with van der Waals surface area (Å²) in [4.78, 5) is 0. The highest BCUT2D eigenvalue weighted by molar-refractivity contribution is 5.88. The van der Waals surface area contributed by atoms with Crippen LogP contribution in [0.4, 0.5) is 0 Å². The van der Waals surface area contributed by atoms with Crippen molar-refractivity contribution in [3.8, 4) is 77.9 Å². The van der Waals surface area contributed by atoms with E-state index < -0.39 is 0 Å². The van der Waals surface area contributed by atoms with Gasteiger partial charge < -0.3 is 0 Å². The summed E-state index contributed by atoms with van der Waals surface area (Å²) in [6.45, 7) is 34.4. The zero-order valence-electron chi connectivity index (χ0n) is 67.8. The quantitative estimate of drug-likeness (QED) is 0.149. The van der Waals surface area contributed by atoms with Crippen LogP contribution in [0.25, 0.3) is 88.7 Å². The average molecular weight is 1430 g/mol. The van der Waals surface area contributed by atoms with Crippen LogP contribution in [0.2, 0.25) is 0 Å². The lowest BCUT2D eigenvalue weighted by Crippen LogP contribution is -1.86. The fourth-order valence-electron chi connectivity index (χ4n) is 13.7. The summed E-state index contributed by atoms with van der Waals surface area (Å²) in [6.07, 6.45) is 0. The van der Waals surface area contributed by atoms with Crippen molar-refractivity contribution in [3.05, 3.63) is 465 Å². The van der Waals surface area contributed by atoms with Crippen molar-refractivity contribution in [3.63, 3.8) is 0 Å². The van der Waals surface area contributed by atoms with Crippen LogP contribution in [0.5, 0.6) is 0 Å². The molecule has 0 N–H and O–H groups in total. The predicted octanol–water partition coefficient (Wildman–Crippen LogP) is 31.2. The standard InChI is InChI=1S/7C14H14.C12H12/c1-11-7-3-5-9-13(11)14-10-6-4-8-12(14)2;2*1-11-6-5-8-13(10-11)14-9-4-3-7-12(14)2;1-11-7-6-8-12(2)14(11)13-9-4-3-5-10-13;1-11-8-12(2)10-14(9-11)13-6-4-3-5-7-13;1-11-8-9-14(10-12(11)2)13-6-4-3-5-7-13;1-11-8-9-14(12(2)10-11)13-6-4-3-5-7-13;1-9-5-3-8-12-10(2)6-4-7-11(9)12/h7*3-10H,1-2H3;3-8H,1-2H3. The van der Waals surface area contributed by atoms with Gasteiger partial charge in [0.15, 0.2) is 0 Å². The number of benzene rings is 16. The first kappa shape index (κ1) is 81.8. The van der Waals surface area contributed by atoms with Gasteiger partial charge in [0, 0.05) is 0 Å². The third kappa shape index (κ3) is 24.4. The van der Waals surface area contributed by atoms with E-state index in [-0.39, 0.29) is 0 Å². The lowest BCUT2D eigenvalue weighted by Gasteiger charge is -2.09. The minimum absolute atomic E-state index is 1.29. The van der Waals surface area contributed by atoms with Crippen LogP contribution in [0.3, 0.4) is 0 Å². The van der Waals surface area contributed by atoms with Gasteiger partial charge in [0.25, 0.3) is 0 Å². The molecule has 0 aliphatic heterocycles. The van der Waals surface area contributed by atoms with Crippen LogP contribution in [-0.2, 0) is 0 Å². The third-order valence-electron chi connectivity index (χ3n) is 19.8. The van der Waals surface area contributed by atoms with Gasteiger partial charge in [0.1, 0.15) is 0 Å². The van der Waals surface area contributed by atoms with E-state index in [9.17, 15) is 0 Å². The van der Waals surface area contributed by atoms with Crippen molar-refractivity contribution in [1.82, 2.24) is 0 Å². The molecule has 0 bridgehead atoms. The van der Waals surface area contributed by atoms with E-state index in [1.807, 2.05) is 18.2 Å². The molecular weight excluding hydrogens is 1320 g/mol. The molecule has 16 aromatic carbocycles. The second-order valence-electron chi connectivity index (χ2n) is 29.0. The molecule has 0 heteroatoms. The number of hydrogen-bond acceptors (Lipinski definition) is 0. The van der Waals surface area contributed by atoms with E-state index in [2.05, 4.69) is 469 Å². The molecule has 0 amide bonds. The molecule has 16 aromatic rings. The first-order chi connectivity index (χ1) is 53.2. The smallest absolute Gasteiger partial charge is 0.0125 e. The predicted molar refractivity (Wildman–Crippen MR) is 483 cm³/mol. The first-order valence-corrected chi connectivity index (χ1v) is 38.5. The lowest BCUT2D eigenvalue weighted by atomic mass is 9.96. The van der Waals surface area contributed by atoms with E-state index in [1.54, 1.807) is 0 Å². The summed E-state index contributed by atoms with van der Waals surface area (Å²) in [5.41, 5.74) is 39.8. The minimum Gasteiger partial charge on any atom is -0.0622 e. The van der Waals surface area contributed by atoms with Gasteiger partial charge in [-0.15, -0.1) is 0 Å². The molecular formula is C110H110. The summed E-state index contributed by atoms with van der Waals surface area (Å²) in [6, 6.07) is 132. The Kier molecular flexibility index (Phi) is 31.1. The van der Waals surface area contributed by atoms with Crippen molar-refractivity contribution in [2.45, 2.75) is 111 Å². The second-order valence-corrected chi connectivity index (χ2v) is 29.0. The van der Waals surface area contributed by atoms with Crippen molar-refractivity contribution in [2.24, 2.45) is 0 Å². The minimum atomic E-state index is 1.29. The maximum absolute atomic E-state index is 2.24. The number of rotatable bonds is 7. The Morgan fingerprint density at radius 3 is 0.827 bits per heavy atom. The zero-order chi connectivity index (χ0) is 78.3. The van der Waals surface area contributed by atoms with Crippen molar-refractivity contribution >= 4 is 10.8 Å². The Hall–Kier alpha value is -12.2. The first-order valence-electron chi connectivity index (χ1n) is 38.5. The van der Waals surface area contributed by atoms with Gasteiger partial charge in [-0.3, -0.25) is 0 Å². The topological polar surface area (TPSA) is 0 Å². The van der Waals surface area contributed by atoms with Crippen LogP contribution in [-0.4, -0.2) is 0 Å². The molecule has 16 rings (SSSR count). The molecule has 0 radical (unpaired) electrons. The Bertz CT molecular complexity index is 5310. The summed E-state index contributed by atoms with van der Waals surface area (Å²) >= 11 is 0. The van der Waals surface area contributed by atoms with Gasteiger partial charge in [-0.25, -0.2) is 0 Å². The number of aryl methyl sites for hydroxylation is 16. The average Bonchev–Trinajstić information content (AvgIpc) is 0.985. The van der Waals surface area contributed by atoms with Crippen molar-refractivity contribution < 1.29 is 0 Å². The molecule has 0 saturated heterocycles. The normalized spacial score (nSPS) is 10.2. The fourth-order valence-corrected chi connectivity index (χ4v) is 13.7. The fraction of sp³-hybridized carbons (Fsp3) is 0.145. The van der Waals surface area contributed by atoms with E-state index in [1.165, 1.54) is 178 Å². The highest BCUT2D eigenvalue weighted by Gasteiger charge is 2.08. The van der Waals surface area contributed by atoms with Crippen LogP contribution in [0, 0.1) is 111 Å². The van der Waals surface area contributed by atoms with E-state index in [0.29, 0.717) is 0 Å². The van der Waals surface area contributed by atoms with Gasteiger partial charge in [-0.05, 0) is 261 Å². The highest BCUT2D eigenvalue weighted by Crippen LogP contribution is 2.31. The largest absolute Gasteiger partial charge is 0.0622 e. The van der Waals surface area contributed by atoms with Gasteiger partial charge in [0.05, 0.1) is 0 Å². The Morgan fingerprint density at radius 1 is 0.118 bits per heavy atom. The van der Waals surface area contributed by atoms with Gasteiger partial charge in [-0.1, -0.05) is 404 Å². The third-order valence-corrected chi connectivity index (χ3v) is 19.8. The number of hydrogen-bond donors (Lipinski definition) is 0. The molecule has 0 unspecified atom stereocenters. The summed E-state index contributed by atoms with van der Waals surface area (Å²) < 4.78 is 0. The number of fused-ring (bicyclic) bond motifs is 1. The monoisotopic (exact) mass is 1430 g/mol. The van der Waals surface area contributed by atoms with Crippen LogP contribution >= 0.6 is 0 Å². The highest BCUT2D eigenvalue weighted by atomic mass is 14.1.